The van der Waals surface area contributed by atoms with E-state index in [0.29, 0.717) is 0 Å². The monoisotopic (exact) mass is 718 g/mol. The fourth-order valence-electron chi connectivity index (χ4n) is 8.12. The summed E-state index contributed by atoms with van der Waals surface area (Å²) in [6, 6.07) is 68.0. The van der Waals surface area contributed by atoms with Crippen molar-refractivity contribution < 1.29 is 4.42 Å². The summed E-state index contributed by atoms with van der Waals surface area (Å²) in [5.74, 6) is 1.53. The van der Waals surface area contributed by atoms with E-state index in [1.165, 1.54) is 10.9 Å². The summed E-state index contributed by atoms with van der Waals surface area (Å²) >= 11 is 0. The number of hydrogen-bond donors (Lipinski definition) is 1. The zero-order valence-corrected chi connectivity index (χ0v) is 30.3. The Bertz CT molecular complexity index is 3090. The number of hydrogen-bond acceptors (Lipinski definition) is 4. The number of rotatable bonds is 6. The zero-order chi connectivity index (χ0) is 37.0. The molecule has 0 fully saturated rings. The van der Waals surface area contributed by atoms with Gasteiger partial charge in [-0.3, -0.25) is 0 Å². The first-order chi connectivity index (χ1) is 27.7. The number of aliphatic imine (C=N–C) groups is 2. The van der Waals surface area contributed by atoms with E-state index in [0.717, 1.165) is 89.1 Å². The summed E-state index contributed by atoms with van der Waals surface area (Å²) in [4.78, 5) is 10.5. The molecule has 1 aliphatic rings. The number of aromatic nitrogens is 1. The van der Waals surface area contributed by atoms with Gasteiger partial charge >= 0.3 is 0 Å². The van der Waals surface area contributed by atoms with Crippen LogP contribution in [0.2, 0.25) is 0 Å². The molecule has 5 heteroatoms. The lowest BCUT2D eigenvalue weighted by atomic mass is 9.95. The third kappa shape index (κ3) is 5.48. The smallest absolute Gasteiger partial charge is 0.169 e. The van der Waals surface area contributed by atoms with Gasteiger partial charge in [0.15, 0.2) is 6.17 Å². The van der Waals surface area contributed by atoms with Crippen molar-refractivity contribution >= 4 is 55.4 Å². The summed E-state index contributed by atoms with van der Waals surface area (Å²) in [7, 11) is 0. The molecule has 1 unspecified atom stereocenters. The lowest BCUT2D eigenvalue weighted by Gasteiger charge is -2.23. The number of amidine groups is 2. The molecule has 0 amide bonds. The second-order valence-electron chi connectivity index (χ2n) is 14.3. The fourth-order valence-corrected chi connectivity index (χ4v) is 8.12. The molecule has 264 valence electrons. The highest BCUT2D eigenvalue weighted by Crippen LogP contribution is 2.39. The van der Waals surface area contributed by atoms with Gasteiger partial charge in [0.2, 0.25) is 0 Å². The minimum Gasteiger partial charge on any atom is -0.456 e. The predicted octanol–water partition coefficient (Wildman–Crippen LogP) is 12.5. The molecule has 8 aromatic carbocycles. The van der Waals surface area contributed by atoms with Crippen molar-refractivity contribution in [3.05, 3.63) is 211 Å². The molecule has 0 aliphatic carbocycles. The van der Waals surface area contributed by atoms with Crippen LogP contribution in [0.15, 0.2) is 209 Å². The molecule has 0 radical (unpaired) electrons. The third-order valence-electron chi connectivity index (χ3n) is 10.8. The van der Waals surface area contributed by atoms with Gasteiger partial charge in [0.1, 0.15) is 22.8 Å². The molecule has 2 aromatic heterocycles. The first-order valence-electron chi connectivity index (χ1n) is 18.9. The van der Waals surface area contributed by atoms with Crippen LogP contribution in [0.5, 0.6) is 0 Å². The largest absolute Gasteiger partial charge is 0.456 e. The van der Waals surface area contributed by atoms with Gasteiger partial charge in [0, 0.05) is 43.9 Å². The zero-order valence-electron chi connectivity index (χ0n) is 30.3. The number of nitrogens with one attached hydrogen (secondary N) is 1. The van der Waals surface area contributed by atoms with Gasteiger partial charge in [0.25, 0.3) is 0 Å². The number of benzene rings is 8. The summed E-state index contributed by atoms with van der Waals surface area (Å²) in [5, 5.41) is 8.12. The molecular weight excluding hydrogens is 685 g/mol. The molecular formula is C51H34N4O. The van der Waals surface area contributed by atoms with Gasteiger partial charge in [-0.15, -0.1) is 0 Å². The first-order valence-corrected chi connectivity index (χ1v) is 18.9. The van der Waals surface area contributed by atoms with Gasteiger partial charge in [-0.25, -0.2) is 9.98 Å². The van der Waals surface area contributed by atoms with E-state index in [-0.39, 0.29) is 0 Å². The topological polar surface area (TPSA) is 54.8 Å². The Morgan fingerprint density at radius 1 is 0.393 bits per heavy atom. The molecule has 1 atom stereocenters. The molecule has 0 bridgehead atoms. The van der Waals surface area contributed by atoms with Crippen molar-refractivity contribution in [2.75, 3.05) is 0 Å². The lowest BCUT2D eigenvalue weighted by Crippen LogP contribution is -2.36. The van der Waals surface area contributed by atoms with Crippen molar-refractivity contribution in [1.82, 2.24) is 9.88 Å². The average molecular weight is 719 g/mol. The molecule has 1 aliphatic heterocycles. The van der Waals surface area contributed by atoms with Gasteiger partial charge in [-0.2, -0.15) is 0 Å². The van der Waals surface area contributed by atoms with Crippen LogP contribution in [0.1, 0.15) is 22.9 Å². The molecule has 3 heterocycles. The Morgan fingerprint density at radius 3 is 1.62 bits per heavy atom. The van der Waals surface area contributed by atoms with E-state index in [1.54, 1.807) is 0 Å². The fraction of sp³-hybridized carbons (Fsp3) is 0.0196. The van der Waals surface area contributed by atoms with Crippen LogP contribution in [-0.2, 0) is 0 Å². The van der Waals surface area contributed by atoms with Gasteiger partial charge in [-0.05, 0) is 76.9 Å². The SMILES string of the molecule is c1ccc(C2=NC(c3ccc4c(c3)oc3cc5c6ccccc6n(-c6ccccc6)c5cc34)N=C(c3cc(-c4ccccc4)cc(-c4ccccc4)c3)N2)cc1. The van der Waals surface area contributed by atoms with Crippen LogP contribution >= 0.6 is 0 Å². The van der Waals surface area contributed by atoms with E-state index in [4.69, 9.17) is 14.4 Å². The number of fused-ring (bicyclic) bond motifs is 6. The molecule has 11 rings (SSSR count). The quantitative estimate of drug-likeness (QED) is 0.186. The van der Waals surface area contributed by atoms with Crippen LogP contribution in [-0.4, -0.2) is 16.2 Å². The maximum atomic E-state index is 6.69. The highest BCUT2D eigenvalue weighted by molar-refractivity contribution is 6.18. The highest BCUT2D eigenvalue weighted by atomic mass is 16.3. The van der Waals surface area contributed by atoms with Gasteiger partial charge in [-0.1, -0.05) is 140 Å². The Morgan fingerprint density at radius 2 is 0.946 bits per heavy atom. The number of para-hydroxylation sites is 2. The van der Waals surface area contributed by atoms with Crippen LogP contribution in [0.25, 0.3) is 71.7 Å². The molecule has 0 saturated heterocycles. The predicted molar refractivity (Wildman–Crippen MR) is 231 cm³/mol. The highest BCUT2D eigenvalue weighted by Gasteiger charge is 2.23. The van der Waals surface area contributed by atoms with Crippen molar-refractivity contribution in [3.63, 3.8) is 0 Å². The Balaban J connectivity index is 1.06. The van der Waals surface area contributed by atoms with Gasteiger partial charge in [0.05, 0.1) is 11.0 Å². The lowest BCUT2D eigenvalue weighted by molar-refractivity contribution is 0.666. The summed E-state index contributed by atoms with van der Waals surface area (Å²) in [6.45, 7) is 0. The summed E-state index contributed by atoms with van der Waals surface area (Å²) < 4.78 is 9.03. The Kier molecular flexibility index (Phi) is 7.49. The van der Waals surface area contributed by atoms with Crippen molar-refractivity contribution in [1.29, 1.82) is 0 Å². The van der Waals surface area contributed by atoms with E-state index >= 15 is 0 Å². The van der Waals surface area contributed by atoms with Gasteiger partial charge < -0.3 is 14.3 Å². The Hall–Kier alpha value is -7.50. The maximum absolute atomic E-state index is 6.69. The second kappa shape index (κ2) is 13.1. The minimum absolute atomic E-state index is 0.495. The first kappa shape index (κ1) is 32.0. The van der Waals surface area contributed by atoms with Crippen molar-refractivity contribution in [2.45, 2.75) is 6.17 Å². The maximum Gasteiger partial charge on any atom is 0.169 e. The number of furan rings is 1. The number of nitrogens with zero attached hydrogens (tertiary/aromatic N) is 3. The second-order valence-corrected chi connectivity index (χ2v) is 14.3. The summed E-state index contributed by atoms with van der Waals surface area (Å²) in [6.07, 6.45) is -0.495. The molecule has 5 nitrogen and oxygen atoms in total. The van der Waals surface area contributed by atoms with Crippen molar-refractivity contribution in [3.8, 4) is 27.9 Å². The molecule has 56 heavy (non-hydrogen) atoms. The summed E-state index contributed by atoms with van der Waals surface area (Å²) in [5.41, 5.74) is 12.6. The van der Waals surface area contributed by atoms with Crippen LogP contribution in [0.4, 0.5) is 0 Å². The molecule has 10 aromatic rings. The Labute approximate surface area is 323 Å². The van der Waals surface area contributed by atoms with Crippen LogP contribution < -0.4 is 5.32 Å². The standard InChI is InChI=1S/C51H34N4O/c1-5-15-33(16-6-1)37-27-38(34-17-7-2-8-18-34)29-39(28-37)51-53-49(35-19-9-3-10-20-35)52-50(54-51)36-25-26-42-44-31-46-43(32-48(44)56-47(42)30-36)41-23-13-14-24-45(41)55(46)40-21-11-4-12-22-40/h1-32,50H,(H,52,53,54). The van der Waals surface area contributed by atoms with E-state index in [9.17, 15) is 0 Å². The van der Waals surface area contributed by atoms with E-state index in [2.05, 4.69) is 186 Å². The molecule has 1 N–H and O–H groups in total. The van der Waals surface area contributed by atoms with Crippen LogP contribution in [0.3, 0.4) is 0 Å². The molecule has 0 spiro atoms. The van der Waals surface area contributed by atoms with E-state index < -0.39 is 6.17 Å². The van der Waals surface area contributed by atoms with E-state index in [1.807, 2.05) is 18.2 Å². The normalized spacial score (nSPS) is 14.2. The van der Waals surface area contributed by atoms with Crippen LogP contribution in [0, 0.1) is 0 Å². The van der Waals surface area contributed by atoms with Crippen molar-refractivity contribution in [2.24, 2.45) is 9.98 Å². The average Bonchev–Trinajstić information content (AvgIpc) is 3.80. The minimum atomic E-state index is -0.495. The third-order valence-corrected chi connectivity index (χ3v) is 10.8. The molecule has 0 saturated carbocycles.